The van der Waals surface area contributed by atoms with Crippen LogP contribution in [0.15, 0.2) is 0 Å². The highest BCUT2D eigenvalue weighted by molar-refractivity contribution is 7.11. The fourth-order valence-electron chi connectivity index (χ4n) is 1.96. The molecule has 0 saturated heterocycles. The van der Waals surface area contributed by atoms with Crippen LogP contribution in [0.25, 0.3) is 0 Å². The van der Waals surface area contributed by atoms with Gasteiger partial charge in [-0.05, 0) is 0 Å². The molecule has 0 radical (unpaired) electrons. The third-order valence-corrected chi connectivity index (χ3v) is 4.36. The zero-order valence-electron chi connectivity index (χ0n) is 10.8. The highest BCUT2D eigenvalue weighted by Crippen LogP contribution is 2.33. The van der Waals surface area contributed by atoms with Crippen molar-refractivity contribution in [2.24, 2.45) is 0 Å². The van der Waals surface area contributed by atoms with Crippen LogP contribution in [0, 0.1) is 0 Å². The van der Waals surface area contributed by atoms with E-state index in [4.69, 9.17) is 0 Å². The van der Waals surface area contributed by atoms with E-state index in [0.717, 1.165) is 15.6 Å². The van der Waals surface area contributed by atoms with E-state index in [1.54, 1.807) is 11.3 Å². The van der Waals surface area contributed by atoms with Crippen molar-refractivity contribution < 1.29 is 13.2 Å². The quantitative estimate of drug-likeness (QED) is 0.783. The first-order chi connectivity index (χ1) is 8.15. The Morgan fingerprint density at radius 1 is 1.28 bits per heavy atom. The van der Waals surface area contributed by atoms with Crippen molar-refractivity contribution in [3.63, 3.8) is 0 Å². The first-order valence-corrected chi connectivity index (χ1v) is 6.75. The summed E-state index contributed by atoms with van der Waals surface area (Å²) in [5, 5.41) is 1.02. The number of thiazole rings is 1. The summed E-state index contributed by atoms with van der Waals surface area (Å²) in [5.74, 6) is 0. The second kappa shape index (κ2) is 4.49. The van der Waals surface area contributed by atoms with Crippen molar-refractivity contribution in [3.8, 4) is 0 Å². The molecule has 0 saturated carbocycles. The molecule has 1 aliphatic rings. The van der Waals surface area contributed by atoms with E-state index in [0.29, 0.717) is 19.5 Å². The molecule has 0 unspecified atom stereocenters. The average Bonchev–Trinajstić information content (AvgIpc) is 2.57. The normalized spacial score (nSPS) is 17.9. The van der Waals surface area contributed by atoms with E-state index in [1.807, 2.05) is 0 Å². The number of fused-ring (bicyclic) bond motifs is 1. The van der Waals surface area contributed by atoms with Crippen molar-refractivity contribution in [2.75, 3.05) is 13.1 Å². The Morgan fingerprint density at radius 3 is 2.50 bits per heavy atom. The summed E-state index contributed by atoms with van der Waals surface area (Å²) < 4.78 is 37.1. The van der Waals surface area contributed by atoms with Crippen LogP contribution in [-0.2, 0) is 18.4 Å². The molecule has 0 atom stereocenters. The lowest BCUT2D eigenvalue weighted by Gasteiger charge is -2.26. The van der Waals surface area contributed by atoms with Gasteiger partial charge in [0.1, 0.15) is 0 Å². The summed E-state index contributed by atoms with van der Waals surface area (Å²) >= 11 is 1.55. The van der Waals surface area contributed by atoms with E-state index >= 15 is 0 Å². The molecular weight excluding hydrogens is 261 g/mol. The van der Waals surface area contributed by atoms with Gasteiger partial charge >= 0.3 is 6.18 Å². The topological polar surface area (TPSA) is 16.1 Å². The Morgan fingerprint density at radius 2 is 1.94 bits per heavy atom. The zero-order valence-corrected chi connectivity index (χ0v) is 11.6. The molecule has 0 aromatic carbocycles. The van der Waals surface area contributed by atoms with Crippen molar-refractivity contribution in [3.05, 3.63) is 15.6 Å². The van der Waals surface area contributed by atoms with Gasteiger partial charge in [-0.3, -0.25) is 4.90 Å². The Kier molecular flexibility index (Phi) is 3.44. The zero-order chi connectivity index (χ0) is 13.6. The lowest BCUT2D eigenvalue weighted by atomic mass is 9.98. The van der Waals surface area contributed by atoms with E-state index in [2.05, 4.69) is 25.8 Å². The molecule has 0 aliphatic carbocycles. The standard InChI is InChI=1S/C12H17F3N2S/c1-11(2,3)10-16-8-4-5-17(6-9(8)18-10)7-12(13,14)15/h4-7H2,1-3H3. The van der Waals surface area contributed by atoms with Crippen molar-refractivity contribution in [2.45, 2.75) is 45.3 Å². The highest BCUT2D eigenvalue weighted by Gasteiger charge is 2.33. The SMILES string of the molecule is CC(C)(C)c1nc2c(s1)CN(CC(F)(F)F)CC2. The highest BCUT2D eigenvalue weighted by atomic mass is 32.1. The van der Waals surface area contributed by atoms with Gasteiger partial charge in [0.05, 0.1) is 17.2 Å². The molecule has 2 rings (SSSR count). The van der Waals surface area contributed by atoms with E-state index in [-0.39, 0.29) is 5.41 Å². The molecule has 102 valence electrons. The predicted octanol–water partition coefficient (Wildman–Crippen LogP) is 3.36. The van der Waals surface area contributed by atoms with Crippen LogP contribution in [0.3, 0.4) is 0 Å². The van der Waals surface area contributed by atoms with Gasteiger partial charge in [0.15, 0.2) is 0 Å². The van der Waals surface area contributed by atoms with Crippen LogP contribution in [0.1, 0.15) is 36.3 Å². The van der Waals surface area contributed by atoms with Crippen LogP contribution in [0.4, 0.5) is 13.2 Å². The summed E-state index contributed by atoms with van der Waals surface area (Å²) in [5.41, 5.74) is 0.958. The smallest absolute Gasteiger partial charge is 0.289 e. The van der Waals surface area contributed by atoms with E-state index < -0.39 is 12.7 Å². The van der Waals surface area contributed by atoms with Crippen molar-refractivity contribution in [1.29, 1.82) is 0 Å². The van der Waals surface area contributed by atoms with Gasteiger partial charge in [0.25, 0.3) is 0 Å². The number of alkyl halides is 3. The molecule has 2 heterocycles. The van der Waals surface area contributed by atoms with Gasteiger partial charge in [-0.1, -0.05) is 20.8 Å². The molecule has 0 spiro atoms. The summed E-state index contributed by atoms with van der Waals surface area (Å²) in [6, 6.07) is 0. The Balaban J connectivity index is 2.13. The second-order valence-electron chi connectivity index (χ2n) is 5.71. The van der Waals surface area contributed by atoms with Crippen LogP contribution >= 0.6 is 11.3 Å². The largest absolute Gasteiger partial charge is 0.401 e. The monoisotopic (exact) mass is 278 g/mol. The fourth-order valence-corrected chi connectivity index (χ4v) is 3.17. The van der Waals surface area contributed by atoms with Gasteiger partial charge in [0, 0.05) is 29.8 Å². The lowest BCUT2D eigenvalue weighted by Crippen LogP contribution is -2.37. The van der Waals surface area contributed by atoms with Crippen molar-refractivity contribution >= 4 is 11.3 Å². The molecule has 1 aromatic heterocycles. The molecule has 18 heavy (non-hydrogen) atoms. The molecule has 0 fully saturated rings. The molecule has 0 bridgehead atoms. The average molecular weight is 278 g/mol. The number of hydrogen-bond donors (Lipinski definition) is 0. The molecule has 2 nitrogen and oxygen atoms in total. The van der Waals surface area contributed by atoms with E-state index in [9.17, 15) is 13.2 Å². The third kappa shape index (κ3) is 3.23. The Bertz CT molecular complexity index is 432. The first kappa shape index (κ1) is 13.8. The van der Waals surface area contributed by atoms with Gasteiger partial charge in [-0.25, -0.2) is 4.98 Å². The van der Waals surface area contributed by atoms with E-state index in [1.165, 1.54) is 4.90 Å². The van der Waals surface area contributed by atoms with Gasteiger partial charge in [-0.2, -0.15) is 13.2 Å². The number of halogens is 3. The molecular formula is C12H17F3N2S. The van der Waals surface area contributed by atoms with Gasteiger partial charge < -0.3 is 0 Å². The number of aromatic nitrogens is 1. The minimum absolute atomic E-state index is 0.0309. The Hall–Kier alpha value is -0.620. The maximum atomic E-state index is 12.4. The van der Waals surface area contributed by atoms with Crippen LogP contribution < -0.4 is 0 Å². The number of nitrogens with zero attached hydrogens (tertiary/aromatic N) is 2. The minimum Gasteiger partial charge on any atom is -0.289 e. The molecule has 1 aliphatic heterocycles. The predicted molar refractivity (Wildman–Crippen MR) is 65.9 cm³/mol. The van der Waals surface area contributed by atoms with Crippen molar-refractivity contribution in [1.82, 2.24) is 9.88 Å². The summed E-state index contributed by atoms with van der Waals surface area (Å²) in [7, 11) is 0. The number of hydrogen-bond acceptors (Lipinski definition) is 3. The maximum absolute atomic E-state index is 12.4. The maximum Gasteiger partial charge on any atom is 0.401 e. The number of rotatable bonds is 1. The first-order valence-electron chi connectivity index (χ1n) is 5.93. The summed E-state index contributed by atoms with van der Waals surface area (Å²) in [6.45, 7) is 6.22. The molecule has 0 N–H and O–H groups in total. The lowest BCUT2D eigenvalue weighted by molar-refractivity contribution is -0.147. The molecule has 6 heteroatoms. The van der Waals surface area contributed by atoms with Gasteiger partial charge in [0.2, 0.25) is 0 Å². The molecule has 0 amide bonds. The summed E-state index contributed by atoms with van der Waals surface area (Å²) in [6.07, 6.45) is -3.49. The van der Waals surface area contributed by atoms with Crippen LogP contribution in [0.5, 0.6) is 0 Å². The Labute approximate surface area is 109 Å². The fraction of sp³-hybridized carbons (Fsp3) is 0.750. The third-order valence-electron chi connectivity index (χ3n) is 2.85. The second-order valence-corrected chi connectivity index (χ2v) is 6.80. The van der Waals surface area contributed by atoms with Gasteiger partial charge in [-0.15, -0.1) is 11.3 Å². The summed E-state index contributed by atoms with van der Waals surface area (Å²) in [4.78, 5) is 7.01. The van der Waals surface area contributed by atoms with Crippen LogP contribution in [0.2, 0.25) is 0 Å². The minimum atomic E-state index is -4.12. The molecule has 1 aromatic rings. The van der Waals surface area contributed by atoms with Crippen LogP contribution in [-0.4, -0.2) is 29.1 Å².